The highest BCUT2D eigenvalue weighted by atomic mass is 16.4. The van der Waals surface area contributed by atoms with Crippen molar-refractivity contribution in [2.45, 2.75) is 32.1 Å². The van der Waals surface area contributed by atoms with Gasteiger partial charge in [-0.3, -0.25) is 4.79 Å². The van der Waals surface area contributed by atoms with Gasteiger partial charge in [0.15, 0.2) is 0 Å². The second-order valence-electron chi connectivity index (χ2n) is 4.36. The Morgan fingerprint density at radius 3 is 2.47 bits per heavy atom. The molecule has 1 saturated carbocycles. The van der Waals surface area contributed by atoms with Crippen molar-refractivity contribution in [2.75, 3.05) is 13.1 Å². The van der Waals surface area contributed by atoms with Crippen molar-refractivity contribution in [2.24, 2.45) is 5.41 Å². The van der Waals surface area contributed by atoms with Crippen LogP contribution in [0.5, 0.6) is 0 Å². The number of carboxylic acid groups (broad SMARTS) is 1. The minimum atomic E-state index is -0.820. The molecule has 0 aromatic rings. The Kier molecular flexibility index (Phi) is 4.83. The van der Waals surface area contributed by atoms with E-state index in [2.05, 4.69) is 16.6 Å². The number of urea groups is 1. The van der Waals surface area contributed by atoms with E-state index in [1.807, 2.05) is 0 Å². The van der Waals surface area contributed by atoms with E-state index in [9.17, 15) is 14.7 Å². The van der Waals surface area contributed by atoms with Crippen molar-refractivity contribution in [1.29, 1.82) is 0 Å². The average Bonchev–Trinajstić information content (AvgIpc) is 2.77. The summed E-state index contributed by atoms with van der Waals surface area (Å²) in [4.78, 5) is 22.6. The summed E-state index contributed by atoms with van der Waals surface area (Å²) in [6, 6.07) is -0.354. The molecule has 0 aromatic heterocycles. The van der Waals surface area contributed by atoms with E-state index >= 15 is 0 Å². The van der Waals surface area contributed by atoms with Gasteiger partial charge in [0.05, 0.1) is 5.41 Å². The van der Waals surface area contributed by atoms with Gasteiger partial charge in [0.1, 0.15) is 0 Å². The molecule has 2 amide bonds. The van der Waals surface area contributed by atoms with Crippen molar-refractivity contribution >= 4 is 12.0 Å². The molecule has 0 heterocycles. The summed E-state index contributed by atoms with van der Waals surface area (Å²) in [7, 11) is 0. The second kappa shape index (κ2) is 6.14. The Morgan fingerprint density at radius 2 is 1.94 bits per heavy atom. The Morgan fingerprint density at radius 1 is 1.29 bits per heavy atom. The van der Waals surface area contributed by atoms with E-state index in [0.717, 1.165) is 12.8 Å². The lowest BCUT2D eigenvalue weighted by molar-refractivity contribution is -0.148. The zero-order valence-corrected chi connectivity index (χ0v) is 9.79. The summed E-state index contributed by atoms with van der Waals surface area (Å²) < 4.78 is 0. The highest BCUT2D eigenvalue weighted by Gasteiger charge is 2.41. The van der Waals surface area contributed by atoms with Crippen LogP contribution in [0.2, 0.25) is 0 Å². The normalized spacial score (nSPS) is 17.1. The molecule has 1 rings (SSSR count). The summed E-state index contributed by atoms with van der Waals surface area (Å²) in [5.74, 6) is 1.59. The van der Waals surface area contributed by atoms with Crippen molar-refractivity contribution in [1.82, 2.24) is 10.6 Å². The van der Waals surface area contributed by atoms with Crippen LogP contribution in [-0.4, -0.2) is 30.2 Å². The monoisotopic (exact) mass is 238 g/mol. The molecule has 94 valence electrons. The molecule has 5 heteroatoms. The molecule has 0 radical (unpaired) electrons. The maximum Gasteiger partial charge on any atom is 0.314 e. The number of hydrogen-bond acceptors (Lipinski definition) is 2. The quantitative estimate of drug-likeness (QED) is 0.493. The third kappa shape index (κ3) is 3.66. The van der Waals surface area contributed by atoms with Gasteiger partial charge in [0.25, 0.3) is 0 Å². The van der Waals surface area contributed by atoms with Crippen LogP contribution in [-0.2, 0) is 4.79 Å². The highest BCUT2D eigenvalue weighted by molar-refractivity contribution is 5.78. The summed E-state index contributed by atoms with van der Waals surface area (Å²) in [5, 5.41) is 14.4. The molecule has 0 bridgehead atoms. The van der Waals surface area contributed by atoms with Gasteiger partial charge in [-0.25, -0.2) is 4.79 Å². The van der Waals surface area contributed by atoms with Gasteiger partial charge < -0.3 is 15.7 Å². The summed E-state index contributed by atoms with van der Waals surface area (Å²) in [6.45, 7) is 0.590. The number of carboxylic acids is 1. The van der Waals surface area contributed by atoms with E-state index in [-0.39, 0.29) is 12.6 Å². The molecule has 0 atom stereocenters. The fourth-order valence-electron chi connectivity index (χ4n) is 2.08. The van der Waals surface area contributed by atoms with Gasteiger partial charge in [-0.15, -0.1) is 12.3 Å². The Hall–Kier alpha value is -1.70. The SMILES string of the molecule is C#CCCNC(=O)NCC1(C(=O)O)CCCC1. The number of terminal acetylenes is 1. The molecule has 0 aliphatic heterocycles. The van der Waals surface area contributed by atoms with Crippen LogP contribution in [0.4, 0.5) is 4.79 Å². The lowest BCUT2D eigenvalue weighted by Gasteiger charge is -2.23. The topological polar surface area (TPSA) is 78.4 Å². The molecule has 0 unspecified atom stereocenters. The number of carbonyl (C=O) groups is 2. The Bertz CT molecular complexity index is 327. The molecule has 1 aliphatic rings. The van der Waals surface area contributed by atoms with Crippen LogP contribution < -0.4 is 10.6 Å². The standard InChI is InChI=1S/C12H18N2O3/c1-2-3-8-13-11(17)14-9-12(10(15)16)6-4-5-7-12/h1H,3-9H2,(H,15,16)(H2,13,14,17). The van der Waals surface area contributed by atoms with Crippen molar-refractivity contribution in [3.05, 3.63) is 0 Å². The van der Waals surface area contributed by atoms with Crippen molar-refractivity contribution < 1.29 is 14.7 Å². The van der Waals surface area contributed by atoms with E-state index in [1.54, 1.807) is 0 Å². The van der Waals surface area contributed by atoms with E-state index < -0.39 is 11.4 Å². The molecule has 1 fully saturated rings. The largest absolute Gasteiger partial charge is 0.481 e. The fourth-order valence-corrected chi connectivity index (χ4v) is 2.08. The Labute approximate surface area is 101 Å². The summed E-state index contributed by atoms with van der Waals surface area (Å²) in [5.41, 5.74) is -0.774. The first kappa shape index (κ1) is 13.4. The highest BCUT2D eigenvalue weighted by Crippen LogP contribution is 2.37. The van der Waals surface area contributed by atoms with E-state index in [4.69, 9.17) is 6.42 Å². The van der Waals surface area contributed by atoms with Gasteiger partial charge in [0, 0.05) is 19.5 Å². The molecule has 5 nitrogen and oxygen atoms in total. The molecule has 0 aromatic carbocycles. The molecule has 0 saturated heterocycles. The van der Waals surface area contributed by atoms with Gasteiger partial charge >= 0.3 is 12.0 Å². The van der Waals surface area contributed by atoms with E-state index in [1.165, 1.54) is 0 Å². The number of aliphatic carboxylic acids is 1. The maximum atomic E-state index is 11.4. The third-order valence-corrected chi connectivity index (χ3v) is 3.16. The molecular weight excluding hydrogens is 220 g/mol. The smallest absolute Gasteiger partial charge is 0.314 e. The summed E-state index contributed by atoms with van der Waals surface area (Å²) >= 11 is 0. The van der Waals surface area contributed by atoms with Gasteiger partial charge in [-0.05, 0) is 12.8 Å². The lowest BCUT2D eigenvalue weighted by Crippen LogP contribution is -2.45. The zero-order chi connectivity index (χ0) is 12.7. The molecular formula is C12H18N2O3. The molecule has 0 spiro atoms. The van der Waals surface area contributed by atoms with Crippen LogP contribution in [0.3, 0.4) is 0 Å². The Balaban J connectivity index is 2.35. The zero-order valence-electron chi connectivity index (χ0n) is 9.79. The van der Waals surface area contributed by atoms with Crippen LogP contribution in [0.15, 0.2) is 0 Å². The predicted octanol–water partition coefficient (Wildman–Crippen LogP) is 0.954. The second-order valence-corrected chi connectivity index (χ2v) is 4.36. The van der Waals surface area contributed by atoms with Gasteiger partial charge in [-0.1, -0.05) is 12.8 Å². The van der Waals surface area contributed by atoms with Gasteiger partial charge in [0.2, 0.25) is 0 Å². The van der Waals surface area contributed by atoms with E-state index in [0.29, 0.717) is 25.8 Å². The number of carbonyl (C=O) groups excluding carboxylic acids is 1. The molecule has 1 aliphatic carbocycles. The molecule has 17 heavy (non-hydrogen) atoms. The van der Waals surface area contributed by atoms with Crippen LogP contribution in [0.25, 0.3) is 0 Å². The number of amides is 2. The number of nitrogens with one attached hydrogen (secondary N) is 2. The number of hydrogen-bond donors (Lipinski definition) is 3. The average molecular weight is 238 g/mol. The van der Waals surface area contributed by atoms with Crippen LogP contribution >= 0.6 is 0 Å². The predicted molar refractivity (Wildman–Crippen MR) is 63.4 cm³/mol. The minimum absolute atomic E-state index is 0.185. The summed E-state index contributed by atoms with van der Waals surface area (Å²) in [6.07, 6.45) is 8.60. The van der Waals surface area contributed by atoms with Crippen LogP contribution in [0, 0.1) is 17.8 Å². The first-order chi connectivity index (χ1) is 8.10. The van der Waals surface area contributed by atoms with Crippen molar-refractivity contribution in [3.8, 4) is 12.3 Å². The van der Waals surface area contributed by atoms with Crippen LogP contribution in [0.1, 0.15) is 32.1 Å². The third-order valence-electron chi connectivity index (χ3n) is 3.16. The lowest BCUT2D eigenvalue weighted by atomic mass is 9.86. The van der Waals surface area contributed by atoms with Gasteiger partial charge in [-0.2, -0.15) is 0 Å². The van der Waals surface area contributed by atoms with Crippen molar-refractivity contribution in [3.63, 3.8) is 0 Å². The first-order valence-corrected chi connectivity index (χ1v) is 5.79. The number of rotatable bonds is 5. The maximum absolute atomic E-state index is 11.4. The first-order valence-electron chi connectivity index (χ1n) is 5.79. The molecule has 3 N–H and O–H groups in total. The fraction of sp³-hybridized carbons (Fsp3) is 0.667. The minimum Gasteiger partial charge on any atom is -0.481 e.